The van der Waals surface area contributed by atoms with Gasteiger partial charge in [-0.3, -0.25) is 0 Å². The Hall–Kier alpha value is -3.16. The van der Waals surface area contributed by atoms with E-state index in [1.54, 1.807) is 54.6 Å². The van der Waals surface area contributed by atoms with Crippen LogP contribution in [-0.2, 0) is 16.4 Å². The molecule has 4 aromatic rings. The van der Waals surface area contributed by atoms with Crippen LogP contribution < -0.4 is 5.32 Å². The van der Waals surface area contributed by atoms with Gasteiger partial charge in [-0.05, 0) is 42.0 Å². The Morgan fingerprint density at radius 3 is 2.30 bits per heavy atom. The number of oxazole rings is 1. The van der Waals surface area contributed by atoms with Crippen LogP contribution in [0.15, 0.2) is 93.2 Å². The van der Waals surface area contributed by atoms with E-state index < -0.39 is 9.84 Å². The third kappa shape index (κ3) is 4.08. The lowest BCUT2D eigenvalue weighted by Crippen LogP contribution is -2.07. The topological polar surface area (TPSA) is 72.2 Å². The van der Waals surface area contributed by atoms with Crippen LogP contribution in [0.4, 0.5) is 10.3 Å². The lowest BCUT2D eigenvalue weighted by Gasteiger charge is -2.06. The molecule has 4 rings (SSSR count). The van der Waals surface area contributed by atoms with Crippen molar-refractivity contribution in [1.82, 2.24) is 4.98 Å². The van der Waals surface area contributed by atoms with Gasteiger partial charge < -0.3 is 9.73 Å². The van der Waals surface area contributed by atoms with Crippen LogP contribution in [-0.4, -0.2) is 13.4 Å². The van der Waals surface area contributed by atoms with Crippen molar-refractivity contribution in [3.8, 4) is 11.5 Å². The van der Waals surface area contributed by atoms with Gasteiger partial charge in [0.1, 0.15) is 5.82 Å². The number of nitrogens with one attached hydrogen (secondary N) is 1. The molecule has 1 heterocycles. The molecule has 0 saturated heterocycles. The highest BCUT2D eigenvalue weighted by atomic mass is 35.5. The Morgan fingerprint density at radius 1 is 0.933 bits per heavy atom. The summed E-state index contributed by atoms with van der Waals surface area (Å²) in [5.74, 6) is -0.290. The van der Waals surface area contributed by atoms with Crippen molar-refractivity contribution in [2.24, 2.45) is 0 Å². The Bertz CT molecular complexity index is 1270. The van der Waals surface area contributed by atoms with E-state index in [-0.39, 0.29) is 34.1 Å². The second kappa shape index (κ2) is 8.30. The first-order valence-electron chi connectivity index (χ1n) is 8.99. The van der Waals surface area contributed by atoms with Gasteiger partial charge in [-0.15, -0.1) is 0 Å². The summed E-state index contributed by atoms with van der Waals surface area (Å²) >= 11 is 6.23. The standard InChI is InChI=1S/C22H16ClFN2O3S/c23-19-9-5-4-8-18(19)20-26-22(30(27,28)17-6-2-1-3-7-17)21(29-20)25-14-15-10-12-16(24)13-11-15/h1-13,25H,14H2. The van der Waals surface area contributed by atoms with Crippen molar-refractivity contribution >= 4 is 27.3 Å². The highest BCUT2D eigenvalue weighted by Gasteiger charge is 2.28. The maximum Gasteiger partial charge on any atom is 0.234 e. The zero-order chi connectivity index (χ0) is 21.1. The molecule has 0 aliphatic heterocycles. The SMILES string of the molecule is O=S(=O)(c1ccccc1)c1nc(-c2ccccc2Cl)oc1NCc1ccc(F)cc1. The molecule has 0 spiro atoms. The lowest BCUT2D eigenvalue weighted by atomic mass is 10.2. The average molecular weight is 443 g/mol. The molecule has 0 aliphatic carbocycles. The first-order valence-corrected chi connectivity index (χ1v) is 10.9. The summed E-state index contributed by atoms with van der Waals surface area (Å²) in [6.07, 6.45) is 0. The summed E-state index contributed by atoms with van der Waals surface area (Å²) in [5, 5.41) is 3.10. The van der Waals surface area contributed by atoms with Gasteiger partial charge in [-0.1, -0.05) is 54.1 Å². The number of rotatable bonds is 6. The van der Waals surface area contributed by atoms with E-state index in [1.807, 2.05) is 0 Å². The van der Waals surface area contributed by atoms with Crippen LogP contribution in [0.25, 0.3) is 11.5 Å². The molecule has 8 heteroatoms. The number of nitrogens with zero attached hydrogens (tertiary/aromatic N) is 1. The summed E-state index contributed by atoms with van der Waals surface area (Å²) < 4.78 is 45.3. The minimum absolute atomic E-state index is 0.0157. The van der Waals surface area contributed by atoms with Gasteiger partial charge in [0.15, 0.2) is 0 Å². The molecular formula is C22H16ClFN2O3S. The fourth-order valence-electron chi connectivity index (χ4n) is 2.85. The van der Waals surface area contributed by atoms with Crippen LogP contribution in [0.2, 0.25) is 5.02 Å². The zero-order valence-corrected chi connectivity index (χ0v) is 17.1. The number of aromatic nitrogens is 1. The molecule has 0 fully saturated rings. The number of sulfone groups is 1. The van der Waals surface area contributed by atoms with E-state index in [0.29, 0.717) is 10.6 Å². The van der Waals surface area contributed by atoms with Gasteiger partial charge in [0.05, 0.1) is 15.5 Å². The predicted octanol–water partition coefficient (Wildman–Crippen LogP) is 5.58. The second-order valence-corrected chi connectivity index (χ2v) is 8.70. The summed E-state index contributed by atoms with van der Waals surface area (Å²) in [4.78, 5) is 4.35. The fourth-order valence-corrected chi connectivity index (χ4v) is 4.36. The van der Waals surface area contributed by atoms with Crippen molar-refractivity contribution in [3.63, 3.8) is 0 Å². The van der Waals surface area contributed by atoms with Crippen molar-refractivity contribution < 1.29 is 17.2 Å². The number of benzene rings is 3. The number of halogens is 2. The minimum atomic E-state index is -3.95. The van der Waals surface area contributed by atoms with Gasteiger partial charge in [0.25, 0.3) is 0 Å². The van der Waals surface area contributed by atoms with E-state index >= 15 is 0 Å². The summed E-state index contributed by atoms with van der Waals surface area (Å²) in [5.41, 5.74) is 1.22. The summed E-state index contributed by atoms with van der Waals surface area (Å²) in [6.45, 7) is 0.217. The quantitative estimate of drug-likeness (QED) is 0.422. The molecule has 0 saturated carbocycles. The van der Waals surface area contributed by atoms with E-state index in [0.717, 1.165) is 5.56 Å². The summed E-state index contributed by atoms with van der Waals surface area (Å²) in [7, 11) is -3.95. The van der Waals surface area contributed by atoms with Crippen LogP contribution in [0.1, 0.15) is 5.56 Å². The summed E-state index contributed by atoms with van der Waals surface area (Å²) in [6, 6.07) is 20.7. The molecule has 0 radical (unpaired) electrons. The van der Waals surface area contributed by atoms with E-state index in [2.05, 4.69) is 10.3 Å². The maximum absolute atomic E-state index is 13.2. The van der Waals surface area contributed by atoms with Gasteiger partial charge in [0, 0.05) is 6.54 Å². The molecule has 1 N–H and O–H groups in total. The molecule has 0 unspecified atom stereocenters. The van der Waals surface area contributed by atoms with Crippen molar-refractivity contribution in [3.05, 3.63) is 95.3 Å². The highest BCUT2D eigenvalue weighted by molar-refractivity contribution is 7.91. The highest BCUT2D eigenvalue weighted by Crippen LogP contribution is 2.35. The molecule has 152 valence electrons. The Morgan fingerprint density at radius 2 is 1.60 bits per heavy atom. The molecule has 5 nitrogen and oxygen atoms in total. The molecule has 1 aromatic heterocycles. The number of hydrogen-bond donors (Lipinski definition) is 1. The van der Waals surface area contributed by atoms with Crippen LogP contribution in [0.5, 0.6) is 0 Å². The first-order chi connectivity index (χ1) is 14.4. The van der Waals surface area contributed by atoms with Gasteiger partial charge in [-0.2, -0.15) is 4.98 Å². The number of anilines is 1. The first kappa shape index (κ1) is 20.1. The van der Waals surface area contributed by atoms with E-state index in [1.165, 1.54) is 24.3 Å². The van der Waals surface area contributed by atoms with Crippen LogP contribution >= 0.6 is 11.6 Å². The molecular weight excluding hydrogens is 427 g/mol. The van der Waals surface area contributed by atoms with E-state index in [4.69, 9.17) is 16.0 Å². The molecule has 3 aromatic carbocycles. The maximum atomic E-state index is 13.2. The molecule has 0 amide bonds. The Kier molecular flexibility index (Phi) is 5.57. The molecule has 0 aliphatic rings. The second-order valence-electron chi connectivity index (χ2n) is 6.43. The molecule has 30 heavy (non-hydrogen) atoms. The average Bonchev–Trinajstić information content (AvgIpc) is 3.19. The number of hydrogen-bond acceptors (Lipinski definition) is 5. The van der Waals surface area contributed by atoms with Crippen LogP contribution in [0, 0.1) is 5.82 Å². The smallest absolute Gasteiger partial charge is 0.234 e. The van der Waals surface area contributed by atoms with Crippen molar-refractivity contribution in [1.29, 1.82) is 0 Å². The fraction of sp³-hybridized carbons (Fsp3) is 0.0455. The van der Waals surface area contributed by atoms with Gasteiger partial charge in [0.2, 0.25) is 26.6 Å². The Labute approximate surface area is 178 Å². The normalized spacial score (nSPS) is 11.4. The lowest BCUT2D eigenvalue weighted by molar-refractivity contribution is 0.576. The monoisotopic (exact) mass is 442 g/mol. The minimum Gasteiger partial charge on any atom is -0.419 e. The third-order valence-corrected chi connectivity index (χ3v) is 6.38. The van der Waals surface area contributed by atoms with E-state index in [9.17, 15) is 12.8 Å². The Balaban J connectivity index is 1.77. The van der Waals surface area contributed by atoms with Gasteiger partial charge in [-0.25, -0.2) is 12.8 Å². The van der Waals surface area contributed by atoms with Crippen molar-refractivity contribution in [2.45, 2.75) is 16.5 Å². The predicted molar refractivity (Wildman–Crippen MR) is 113 cm³/mol. The third-order valence-electron chi connectivity index (χ3n) is 4.37. The zero-order valence-electron chi connectivity index (χ0n) is 15.5. The molecule has 0 atom stereocenters. The largest absolute Gasteiger partial charge is 0.419 e. The van der Waals surface area contributed by atoms with Crippen molar-refractivity contribution in [2.75, 3.05) is 5.32 Å². The molecule has 0 bridgehead atoms. The van der Waals surface area contributed by atoms with Crippen LogP contribution in [0.3, 0.4) is 0 Å². The van der Waals surface area contributed by atoms with Gasteiger partial charge >= 0.3 is 0 Å².